The minimum Gasteiger partial charge on any atom is -0.493 e. The number of carbonyl (C=O) groups excluding carboxylic acids is 1. The van der Waals surface area contributed by atoms with Gasteiger partial charge in [0.05, 0.1) is 27.9 Å². The number of Topliss-reactive ketones (excluding diaryl/α,β-unsaturated/α-hetero) is 1. The molecule has 0 spiro atoms. The van der Waals surface area contributed by atoms with Gasteiger partial charge in [-0.3, -0.25) is 4.79 Å². The Morgan fingerprint density at radius 1 is 1.05 bits per heavy atom. The number of ketones is 1. The van der Waals surface area contributed by atoms with Crippen LogP contribution in [0, 0.1) is 0 Å². The zero-order chi connectivity index (χ0) is 15.3. The van der Waals surface area contributed by atoms with Gasteiger partial charge in [0.15, 0.2) is 17.3 Å². The first-order chi connectivity index (χ1) is 9.32. The van der Waals surface area contributed by atoms with Crippen LogP contribution in [0.2, 0.25) is 0 Å². The number of rotatable bonds is 6. The van der Waals surface area contributed by atoms with Crippen LogP contribution in [-0.2, 0) is 0 Å². The van der Waals surface area contributed by atoms with Crippen molar-refractivity contribution in [3.8, 4) is 17.2 Å². The van der Waals surface area contributed by atoms with Crippen LogP contribution in [0.3, 0.4) is 0 Å². The highest BCUT2D eigenvalue weighted by molar-refractivity contribution is 5.98. The first kappa shape index (κ1) is 16.3. The molecule has 0 aliphatic heterocycles. The van der Waals surface area contributed by atoms with Crippen molar-refractivity contribution in [2.75, 3.05) is 27.9 Å². The minimum absolute atomic E-state index is 0.0285. The molecule has 0 aliphatic rings. The van der Waals surface area contributed by atoms with Crippen molar-refractivity contribution in [2.24, 2.45) is 0 Å². The van der Waals surface area contributed by atoms with E-state index in [-0.39, 0.29) is 17.9 Å². The van der Waals surface area contributed by atoms with Crippen molar-refractivity contribution in [1.82, 2.24) is 5.32 Å². The van der Waals surface area contributed by atoms with E-state index in [0.29, 0.717) is 22.8 Å². The molecule has 20 heavy (non-hydrogen) atoms. The molecule has 1 N–H and O–H groups in total. The molecule has 0 unspecified atom stereocenters. The van der Waals surface area contributed by atoms with Gasteiger partial charge in [0, 0.05) is 11.1 Å². The van der Waals surface area contributed by atoms with Crippen LogP contribution in [0.5, 0.6) is 17.2 Å². The molecule has 0 amide bonds. The van der Waals surface area contributed by atoms with E-state index < -0.39 is 0 Å². The molecule has 1 aromatic carbocycles. The van der Waals surface area contributed by atoms with Crippen LogP contribution in [0.4, 0.5) is 0 Å². The van der Waals surface area contributed by atoms with E-state index in [2.05, 4.69) is 5.32 Å². The van der Waals surface area contributed by atoms with Gasteiger partial charge in [0.2, 0.25) is 5.75 Å². The molecule has 1 rings (SSSR count). The van der Waals surface area contributed by atoms with Crippen LogP contribution in [0.25, 0.3) is 0 Å². The second kappa shape index (κ2) is 6.61. The second-order valence-corrected chi connectivity index (χ2v) is 5.44. The third-order valence-electron chi connectivity index (χ3n) is 2.77. The van der Waals surface area contributed by atoms with Gasteiger partial charge in [-0.25, -0.2) is 0 Å². The lowest BCUT2D eigenvalue weighted by Crippen LogP contribution is -2.39. The number of methoxy groups -OCH3 is 3. The quantitative estimate of drug-likeness (QED) is 0.811. The topological polar surface area (TPSA) is 56.8 Å². The van der Waals surface area contributed by atoms with Gasteiger partial charge in [-0.2, -0.15) is 0 Å². The van der Waals surface area contributed by atoms with Gasteiger partial charge in [0.1, 0.15) is 0 Å². The summed E-state index contributed by atoms with van der Waals surface area (Å²) >= 11 is 0. The molecule has 5 nitrogen and oxygen atoms in total. The maximum atomic E-state index is 12.2. The molecule has 0 fully saturated rings. The Morgan fingerprint density at radius 3 is 1.90 bits per heavy atom. The summed E-state index contributed by atoms with van der Waals surface area (Å²) in [5, 5.41) is 3.16. The highest BCUT2D eigenvalue weighted by Gasteiger charge is 2.18. The number of hydrogen-bond acceptors (Lipinski definition) is 5. The molecular weight excluding hydrogens is 258 g/mol. The van der Waals surface area contributed by atoms with E-state index in [0.717, 1.165) is 0 Å². The normalized spacial score (nSPS) is 11.1. The van der Waals surface area contributed by atoms with Gasteiger partial charge in [-0.15, -0.1) is 0 Å². The Balaban J connectivity index is 3.04. The van der Waals surface area contributed by atoms with Crippen LogP contribution in [0.15, 0.2) is 12.1 Å². The Kier molecular flexibility index (Phi) is 5.39. The van der Waals surface area contributed by atoms with Crippen LogP contribution >= 0.6 is 0 Å². The van der Waals surface area contributed by atoms with Crippen molar-refractivity contribution in [1.29, 1.82) is 0 Å². The van der Waals surface area contributed by atoms with Gasteiger partial charge in [-0.05, 0) is 32.9 Å². The summed E-state index contributed by atoms with van der Waals surface area (Å²) in [6.45, 7) is 6.28. The predicted molar refractivity (Wildman–Crippen MR) is 78.2 cm³/mol. The van der Waals surface area contributed by atoms with E-state index in [1.54, 1.807) is 12.1 Å². The third-order valence-corrected chi connectivity index (χ3v) is 2.77. The van der Waals surface area contributed by atoms with E-state index >= 15 is 0 Å². The number of nitrogens with one attached hydrogen (secondary N) is 1. The zero-order valence-electron chi connectivity index (χ0n) is 13.0. The van der Waals surface area contributed by atoms with E-state index in [9.17, 15) is 4.79 Å². The average Bonchev–Trinajstić information content (AvgIpc) is 2.42. The first-order valence-corrected chi connectivity index (χ1v) is 6.40. The Labute approximate surface area is 120 Å². The Bertz CT molecular complexity index is 452. The zero-order valence-corrected chi connectivity index (χ0v) is 13.0. The average molecular weight is 281 g/mol. The van der Waals surface area contributed by atoms with Gasteiger partial charge >= 0.3 is 0 Å². The summed E-state index contributed by atoms with van der Waals surface area (Å²) < 4.78 is 15.7. The molecule has 5 heteroatoms. The van der Waals surface area contributed by atoms with E-state index in [4.69, 9.17) is 14.2 Å². The summed E-state index contributed by atoms with van der Waals surface area (Å²) in [7, 11) is 4.58. The maximum absolute atomic E-state index is 12.2. The number of ether oxygens (including phenoxy) is 3. The summed E-state index contributed by atoms with van der Waals surface area (Å²) in [6.07, 6.45) is 0. The van der Waals surface area contributed by atoms with Crippen molar-refractivity contribution >= 4 is 5.78 Å². The fraction of sp³-hybridized carbons (Fsp3) is 0.533. The maximum Gasteiger partial charge on any atom is 0.203 e. The Hall–Kier alpha value is -1.75. The van der Waals surface area contributed by atoms with E-state index in [1.165, 1.54) is 21.3 Å². The Morgan fingerprint density at radius 2 is 1.55 bits per heavy atom. The summed E-state index contributed by atoms with van der Waals surface area (Å²) in [5.41, 5.74) is 0.410. The molecule has 0 radical (unpaired) electrons. The van der Waals surface area contributed by atoms with Crippen molar-refractivity contribution in [3.63, 3.8) is 0 Å². The third kappa shape index (κ3) is 4.13. The SMILES string of the molecule is COc1cc(C(=O)CNC(C)(C)C)cc(OC)c1OC. The lowest BCUT2D eigenvalue weighted by Gasteiger charge is -2.20. The van der Waals surface area contributed by atoms with Crippen LogP contribution < -0.4 is 19.5 Å². The number of benzene rings is 1. The summed E-state index contributed by atoms with van der Waals surface area (Å²) in [4.78, 5) is 12.2. The second-order valence-electron chi connectivity index (χ2n) is 5.44. The predicted octanol–water partition coefficient (Wildman–Crippen LogP) is 2.28. The van der Waals surface area contributed by atoms with Gasteiger partial charge in [-0.1, -0.05) is 0 Å². The number of carbonyl (C=O) groups is 1. The lowest BCUT2D eigenvalue weighted by atomic mass is 10.1. The first-order valence-electron chi connectivity index (χ1n) is 6.40. The highest BCUT2D eigenvalue weighted by atomic mass is 16.5. The van der Waals surface area contributed by atoms with E-state index in [1.807, 2.05) is 20.8 Å². The van der Waals surface area contributed by atoms with Gasteiger partial charge < -0.3 is 19.5 Å². The standard InChI is InChI=1S/C15H23NO4/c1-15(2,3)16-9-11(17)10-7-12(18-4)14(20-6)13(8-10)19-5/h7-8,16H,9H2,1-6H3. The molecule has 112 valence electrons. The number of hydrogen-bond donors (Lipinski definition) is 1. The van der Waals surface area contributed by atoms with Crippen LogP contribution in [0.1, 0.15) is 31.1 Å². The molecular formula is C15H23NO4. The largest absolute Gasteiger partial charge is 0.493 e. The molecule has 0 atom stereocenters. The molecule has 0 aromatic heterocycles. The lowest BCUT2D eigenvalue weighted by molar-refractivity contribution is 0.0981. The monoisotopic (exact) mass is 281 g/mol. The molecule has 0 heterocycles. The summed E-state index contributed by atoms with van der Waals surface area (Å²) in [5.74, 6) is 1.41. The fourth-order valence-electron chi connectivity index (χ4n) is 1.69. The van der Waals surface area contributed by atoms with Crippen molar-refractivity contribution in [2.45, 2.75) is 26.3 Å². The molecule has 0 saturated heterocycles. The molecule has 1 aromatic rings. The molecule has 0 saturated carbocycles. The minimum atomic E-state index is -0.115. The molecule has 0 bridgehead atoms. The van der Waals surface area contributed by atoms with Crippen LogP contribution in [-0.4, -0.2) is 39.2 Å². The van der Waals surface area contributed by atoms with Crippen molar-refractivity contribution in [3.05, 3.63) is 17.7 Å². The summed E-state index contributed by atoms with van der Waals surface area (Å²) in [6, 6.07) is 3.32. The smallest absolute Gasteiger partial charge is 0.203 e. The molecule has 0 aliphatic carbocycles. The fourth-order valence-corrected chi connectivity index (χ4v) is 1.69. The van der Waals surface area contributed by atoms with Gasteiger partial charge in [0.25, 0.3) is 0 Å². The highest BCUT2D eigenvalue weighted by Crippen LogP contribution is 2.38. The van der Waals surface area contributed by atoms with Crippen molar-refractivity contribution < 1.29 is 19.0 Å².